The van der Waals surface area contributed by atoms with Gasteiger partial charge in [0.25, 0.3) is 11.6 Å². The van der Waals surface area contributed by atoms with Gasteiger partial charge in [0.15, 0.2) is 5.69 Å². The summed E-state index contributed by atoms with van der Waals surface area (Å²) in [6.07, 6.45) is 1.31. The first-order chi connectivity index (χ1) is 11.2. The molecule has 0 bridgehead atoms. The van der Waals surface area contributed by atoms with Crippen LogP contribution in [0.25, 0.3) is 0 Å². The summed E-state index contributed by atoms with van der Waals surface area (Å²) in [5, 5.41) is 21.5. The number of hydrogen-bond donors (Lipinski definition) is 2. The molecule has 8 nitrogen and oxygen atoms in total. The number of hydrogen-bond acceptors (Lipinski definition) is 5. The lowest BCUT2D eigenvalue weighted by Crippen LogP contribution is -2.31. The molecule has 3 heterocycles. The van der Waals surface area contributed by atoms with Crippen LogP contribution < -0.4 is 10.2 Å². The predicted molar refractivity (Wildman–Crippen MR) is 89.7 cm³/mol. The van der Waals surface area contributed by atoms with Gasteiger partial charge in [-0.15, -0.1) is 12.4 Å². The van der Waals surface area contributed by atoms with E-state index in [2.05, 4.69) is 15.5 Å². The van der Waals surface area contributed by atoms with Gasteiger partial charge < -0.3 is 10.2 Å². The zero-order valence-corrected chi connectivity index (χ0v) is 13.6. The molecule has 2 aliphatic rings. The predicted octanol–water partition coefficient (Wildman–Crippen LogP) is 1.59. The number of nitro groups is 1. The minimum atomic E-state index is -0.396. The molecule has 9 heteroatoms. The van der Waals surface area contributed by atoms with Gasteiger partial charge in [0.2, 0.25) is 0 Å². The number of nitrogens with one attached hydrogen (secondary N) is 2. The number of benzene rings is 1. The molecule has 0 spiro atoms. The Morgan fingerprint density at radius 1 is 1.29 bits per heavy atom. The van der Waals surface area contributed by atoms with E-state index in [-0.39, 0.29) is 24.0 Å². The average molecular weight is 350 g/mol. The van der Waals surface area contributed by atoms with Gasteiger partial charge in [-0.25, -0.2) is 0 Å². The smallest absolute Gasteiger partial charge is 0.279 e. The number of nitro benzene ring substituents is 1. The van der Waals surface area contributed by atoms with Crippen LogP contribution >= 0.6 is 12.4 Å². The zero-order valence-electron chi connectivity index (χ0n) is 12.7. The first-order valence-corrected chi connectivity index (χ1v) is 7.52. The minimum absolute atomic E-state index is 0. The maximum absolute atomic E-state index is 12.9. The largest absolute Gasteiger partial charge is 0.312 e. The Balaban J connectivity index is 0.00000169. The number of carbonyl (C=O) groups excluding carboxylic acids is 1. The topological polar surface area (TPSA) is 104 Å². The van der Waals surface area contributed by atoms with Crippen molar-refractivity contribution in [3.05, 3.63) is 50.8 Å². The number of fused-ring (bicyclic) bond motifs is 2. The lowest BCUT2D eigenvalue weighted by molar-refractivity contribution is -0.385. The van der Waals surface area contributed by atoms with E-state index >= 15 is 0 Å². The Kier molecular flexibility index (Phi) is 4.25. The van der Waals surface area contributed by atoms with E-state index in [1.807, 2.05) is 0 Å². The van der Waals surface area contributed by atoms with Gasteiger partial charge in [0, 0.05) is 43.4 Å². The molecular formula is C15H16ClN5O3. The molecule has 0 saturated heterocycles. The molecule has 0 saturated carbocycles. The normalized spacial score (nSPS) is 15.4. The van der Waals surface area contributed by atoms with E-state index < -0.39 is 4.92 Å². The highest BCUT2D eigenvalue weighted by Crippen LogP contribution is 2.35. The third kappa shape index (κ3) is 2.44. The van der Waals surface area contributed by atoms with Crippen LogP contribution in [0.2, 0.25) is 0 Å². The van der Waals surface area contributed by atoms with Gasteiger partial charge in [0.1, 0.15) is 0 Å². The van der Waals surface area contributed by atoms with Gasteiger partial charge in [0.05, 0.1) is 16.2 Å². The van der Waals surface area contributed by atoms with E-state index in [0.717, 1.165) is 24.2 Å². The Morgan fingerprint density at radius 3 is 2.92 bits per heavy atom. The van der Waals surface area contributed by atoms with Crippen LogP contribution in [-0.2, 0) is 19.4 Å². The zero-order chi connectivity index (χ0) is 16.0. The van der Waals surface area contributed by atoms with E-state index in [4.69, 9.17) is 0 Å². The second-order valence-corrected chi connectivity index (χ2v) is 5.69. The monoisotopic (exact) mass is 349 g/mol. The summed E-state index contributed by atoms with van der Waals surface area (Å²) >= 11 is 0. The summed E-state index contributed by atoms with van der Waals surface area (Å²) in [5.74, 6) is -0.203. The van der Waals surface area contributed by atoms with Crippen molar-refractivity contribution in [1.82, 2.24) is 15.5 Å². The number of nitrogens with zero attached hydrogens (tertiary/aromatic N) is 3. The Hall–Kier alpha value is -2.45. The molecule has 0 unspecified atom stereocenters. The third-order valence-electron chi connectivity index (χ3n) is 4.45. The molecule has 24 heavy (non-hydrogen) atoms. The second-order valence-electron chi connectivity index (χ2n) is 5.69. The molecule has 0 fully saturated rings. The maximum atomic E-state index is 12.9. The quantitative estimate of drug-likeness (QED) is 0.633. The van der Waals surface area contributed by atoms with Crippen molar-refractivity contribution in [2.24, 2.45) is 0 Å². The maximum Gasteiger partial charge on any atom is 0.279 e. The molecule has 0 aliphatic carbocycles. The van der Waals surface area contributed by atoms with Crippen molar-refractivity contribution >= 4 is 29.7 Å². The SMILES string of the molecule is Cl.O=C(c1n[nH]c2c1CNCC2)N1CCc2c1cccc2[N+](=O)[O-]. The Labute approximate surface area is 143 Å². The second kappa shape index (κ2) is 6.21. The van der Waals surface area contributed by atoms with Gasteiger partial charge >= 0.3 is 0 Å². The molecule has 126 valence electrons. The molecule has 1 aromatic heterocycles. The summed E-state index contributed by atoms with van der Waals surface area (Å²) in [4.78, 5) is 25.2. The van der Waals surface area contributed by atoms with Gasteiger partial charge in [-0.2, -0.15) is 5.10 Å². The highest BCUT2D eigenvalue weighted by Gasteiger charge is 2.33. The standard InChI is InChI=1S/C15H15N5O3.ClH/c21-15(14-10-8-16-6-4-11(10)17-18-14)19-7-5-9-12(19)2-1-3-13(9)20(22)23;/h1-3,16H,4-8H2,(H,17,18);1H. The van der Waals surface area contributed by atoms with Crippen molar-refractivity contribution in [3.63, 3.8) is 0 Å². The Morgan fingerprint density at radius 2 is 2.12 bits per heavy atom. The number of rotatable bonds is 2. The van der Waals surface area contributed by atoms with Crippen LogP contribution in [0.3, 0.4) is 0 Å². The molecule has 2 N–H and O–H groups in total. The summed E-state index contributed by atoms with van der Waals surface area (Å²) < 4.78 is 0. The first kappa shape index (κ1) is 16.4. The summed E-state index contributed by atoms with van der Waals surface area (Å²) in [6.45, 7) is 1.91. The fraction of sp³-hybridized carbons (Fsp3) is 0.333. The molecule has 1 amide bonds. The van der Waals surface area contributed by atoms with Crippen molar-refractivity contribution in [2.75, 3.05) is 18.0 Å². The van der Waals surface area contributed by atoms with Crippen LogP contribution in [-0.4, -0.2) is 34.1 Å². The van der Waals surface area contributed by atoms with Crippen LogP contribution in [0.15, 0.2) is 18.2 Å². The molecule has 2 aliphatic heterocycles. The van der Waals surface area contributed by atoms with Gasteiger partial charge in [-0.05, 0) is 12.5 Å². The van der Waals surface area contributed by atoms with Crippen molar-refractivity contribution in [2.45, 2.75) is 19.4 Å². The summed E-state index contributed by atoms with van der Waals surface area (Å²) in [7, 11) is 0. The lowest BCUT2D eigenvalue weighted by Gasteiger charge is -2.18. The van der Waals surface area contributed by atoms with Crippen LogP contribution in [0, 0.1) is 10.1 Å². The lowest BCUT2D eigenvalue weighted by atomic mass is 10.1. The number of aromatic amines is 1. The summed E-state index contributed by atoms with van der Waals surface area (Å²) in [6, 6.07) is 4.85. The fourth-order valence-electron chi connectivity index (χ4n) is 3.33. The minimum Gasteiger partial charge on any atom is -0.312 e. The van der Waals surface area contributed by atoms with E-state index in [1.165, 1.54) is 6.07 Å². The highest BCUT2D eigenvalue weighted by atomic mass is 35.5. The number of anilines is 1. The number of halogens is 1. The summed E-state index contributed by atoms with van der Waals surface area (Å²) in [5.41, 5.74) is 3.61. The molecular weight excluding hydrogens is 334 g/mol. The first-order valence-electron chi connectivity index (χ1n) is 7.52. The fourth-order valence-corrected chi connectivity index (χ4v) is 3.33. The van der Waals surface area contributed by atoms with Crippen molar-refractivity contribution in [3.8, 4) is 0 Å². The van der Waals surface area contributed by atoms with Crippen LogP contribution in [0.5, 0.6) is 0 Å². The van der Waals surface area contributed by atoms with Crippen LogP contribution in [0.4, 0.5) is 11.4 Å². The van der Waals surface area contributed by atoms with E-state index in [1.54, 1.807) is 17.0 Å². The Bertz CT molecular complexity index is 819. The molecule has 2 aromatic rings. The molecule has 0 radical (unpaired) electrons. The highest BCUT2D eigenvalue weighted by molar-refractivity contribution is 6.07. The number of carbonyl (C=O) groups is 1. The number of amides is 1. The van der Waals surface area contributed by atoms with Gasteiger partial charge in [-0.1, -0.05) is 6.07 Å². The van der Waals surface area contributed by atoms with E-state index in [9.17, 15) is 14.9 Å². The van der Waals surface area contributed by atoms with Crippen molar-refractivity contribution < 1.29 is 9.72 Å². The van der Waals surface area contributed by atoms with E-state index in [0.29, 0.717) is 36.5 Å². The third-order valence-corrected chi connectivity index (χ3v) is 4.45. The van der Waals surface area contributed by atoms with Gasteiger partial charge in [-0.3, -0.25) is 20.0 Å². The van der Waals surface area contributed by atoms with Crippen molar-refractivity contribution in [1.29, 1.82) is 0 Å². The number of aromatic nitrogens is 2. The average Bonchev–Trinajstić information content (AvgIpc) is 3.18. The molecule has 1 aromatic carbocycles. The molecule has 0 atom stereocenters. The number of H-pyrrole nitrogens is 1. The van der Waals surface area contributed by atoms with Crippen LogP contribution in [0.1, 0.15) is 27.3 Å². The molecule has 4 rings (SSSR count).